The maximum atomic E-state index is 11.4. The molecular weight excluding hydrogens is 232 g/mol. The van der Waals surface area contributed by atoms with Gasteiger partial charge in [-0.2, -0.15) is 0 Å². The smallest absolute Gasteiger partial charge is 0.331 e. The first-order chi connectivity index (χ1) is 8.52. The number of benzene rings is 1. The number of rotatable bonds is 5. The Morgan fingerprint density at radius 3 is 2.72 bits per heavy atom. The quantitative estimate of drug-likeness (QED) is 0.479. The normalized spacial score (nSPS) is 12.6. The highest BCUT2D eigenvalue weighted by Crippen LogP contribution is 2.25. The van der Waals surface area contributed by atoms with Gasteiger partial charge in [-0.15, -0.1) is 0 Å². The lowest BCUT2D eigenvalue weighted by atomic mass is 10.2. The maximum absolute atomic E-state index is 11.4. The van der Waals surface area contributed by atoms with Gasteiger partial charge in [0, 0.05) is 6.08 Å². The zero-order chi connectivity index (χ0) is 13.5. The number of hydrogen-bond acceptors (Lipinski definition) is 4. The Hall–Kier alpha value is -1.97. The topological polar surface area (TPSA) is 66.8 Å². The molecule has 0 bridgehead atoms. The maximum Gasteiger partial charge on any atom is 0.331 e. The Kier molecular flexibility index (Phi) is 5.24. The van der Waals surface area contributed by atoms with E-state index in [9.17, 15) is 9.90 Å². The first kappa shape index (κ1) is 14.1. The molecule has 1 rings (SSSR count). The SMILES string of the molecule is CCC[C@H](C)OC(=O)C=Cc1ccc(O)c(O)c1. The molecule has 1 atom stereocenters. The summed E-state index contributed by atoms with van der Waals surface area (Å²) in [6, 6.07) is 4.32. The van der Waals surface area contributed by atoms with Gasteiger partial charge in [-0.3, -0.25) is 0 Å². The molecule has 1 aromatic carbocycles. The first-order valence-electron chi connectivity index (χ1n) is 5.93. The van der Waals surface area contributed by atoms with E-state index in [1.807, 2.05) is 13.8 Å². The van der Waals surface area contributed by atoms with Gasteiger partial charge in [-0.25, -0.2) is 4.79 Å². The minimum atomic E-state index is -0.413. The zero-order valence-electron chi connectivity index (χ0n) is 10.6. The minimum absolute atomic E-state index is 0.0969. The lowest BCUT2D eigenvalue weighted by molar-refractivity contribution is -0.142. The lowest BCUT2D eigenvalue weighted by Crippen LogP contribution is -2.12. The molecule has 0 saturated carbocycles. The van der Waals surface area contributed by atoms with Crippen molar-refractivity contribution in [2.45, 2.75) is 32.8 Å². The second kappa shape index (κ2) is 6.69. The van der Waals surface area contributed by atoms with Gasteiger partial charge in [0.2, 0.25) is 0 Å². The van der Waals surface area contributed by atoms with Crippen molar-refractivity contribution in [3.05, 3.63) is 29.8 Å². The molecule has 2 N–H and O–H groups in total. The highest BCUT2D eigenvalue weighted by atomic mass is 16.5. The van der Waals surface area contributed by atoms with Crippen LogP contribution in [0.4, 0.5) is 0 Å². The predicted molar refractivity (Wildman–Crippen MR) is 69.3 cm³/mol. The summed E-state index contributed by atoms with van der Waals surface area (Å²) >= 11 is 0. The first-order valence-corrected chi connectivity index (χ1v) is 5.93. The number of phenols is 2. The van der Waals surface area contributed by atoms with Gasteiger partial charge >= 0.3 is 5.97 Å². The molecule has 4 nitrogen and oxygen atoms in total. The Balaban J connectivity index is 2.58. The van der Waals surface area contributed by atoms with Crippen LogP contribution in [0.1, 0.15) is 32.3 Å². The molecule has 0 aliphatic rings. The van der Waals surface area contributed by atoms with Crippen LogP contribution in [-0.2, 0) is 9.53 Å². The van der Waals surface area contributed by atoms with Crippen LogP contribution in [-0.4, -0.2) is 22.3 Å². The van der Waals surface area contributed by atoms with E-state index in [0.29, 0.717) is 5.56 Å². The third-order valence-electron chi connectivity index (χ3n) is 2.42. The van der Waals surface area contributed by atoms with Crippen molar-refractivity contribution in [3.63, 3.8) is 0 Å². The molecule has 4 heteroatoms. The van der Waals surface area contributed by atoms with Crippen LogP contribution in [0.15, 0.2) is 24.3 Å². The van der Waals surface area contributed by atoms with Crippen LogP contribution in [0, 0.1) is 0 Å². The van der Waals surface area contributed by atoms with E-state index < -0.39 is 5.97 Å². The molecule has 0 heterocycles. The fourth-order valence-corrected chi connectivity index (χ4v) is 1.51. The molecule has 0 saturated heterocycles. The fourth-order valence-electron chi connectivity index (χ4n) is 1.51. The molecule has 0 spiro atoms. The Bertz CT molecular complexity index is 437. The van der Waals surface area contributed by atoms with Gasteiger partial charge < -0.3 is 14.9 Å². The summed E-state index contributed by atoms with van der Waals surface area (Å²) in [5.74, 6) is -0.820. The lowest BCUT2D eigenvalue weighted by Gasteiger charge is -2.09. The highest BCUT2D eigenvalue weighted by molar-refractivity contribution is 5.87. The number of carbonyl (C=O) groups is 1. The van der Waals surface area contributed by atoms with E-state index in [2.05, 4.69) is 0 Å². The van der Waals surface area contributed by atoms with Gasteiger partial charge in [-0.05, 0) is 37.1 Å². The molecule has 0 radical (unpaired) electrons. The highest BCUT2D eigenvalue weighted by Gasteiger charge is 2.05. The van der Waals surface area contributed by atoms with Crippen LogP contribution in [0.3, 0.4) is 0 Å². The van der Waals surface area contributed by atoms with E-state index in [1.165, 1.54) is 24.3 Å². The summed E-state index contributed by atoms with van der Waals surface area (Å²) < 4.78 is 5.13. The molecule has 1 aromatic rings. The number of ether oxygens (including phenoxy) is 1. The summed E-state index contributed by atoms with van der Waals surface area (Å²) in [5.41, 5.74) is 0.616. The Morgan fingerprint density at radius 1 is 1.39 bits per heavy atom. The Morgan fingerprint density at radius 2 is 2.11 bits per heavy atom. The van der Waals surface area contributed by atoms with Crippen LogP contribution in [0.2, 0.25) is 0 Å². The average Bonchev–Trinajstić information content (AvgIpc) is 2.31. The van der Waals surface area contributed by atoms with E-state index in [4.69, 9.17) is 9.84 Å². The van der Waals surface area contributed by atoms with E-state index >= 15 is 0 Å². The number of esters is 1. The minimum Gasteiger partial charge on any atom is -0.504 e. The van der Waals surface area contributed by atoms with Gasteiger partial charge in [0.25, 0.3) is 0 Å². The second-order valence-electron chi connectivity index (χ2n) is 4.12. The van der Waals surface area contributed by atoms with Gasteiger partial charge in [0.1, 0.15) is 0 Å². The molecule has 0 amide bonds. The van der Waals surface area contributed by atoms with Gasteiger partial charge in [0.15, 0.2) is 11.5 Å². The largest absolute Gasteiger partial charge is 0.504 e. The van der Waals surface area contributed by atoms with Crippen LogP contribution in [0.25, 0.3) is 6.08 Å². The number of phenolic OH excluding ortho intramolecular Hbond substituents is 2. The van der Waals surface area contributed by atoms with E-state index in [-0.39, 0.29) is 17.6 Å². The van der Waals surface area contributed by atoms with Crippen LogP contribution < -0.4 is 0 Å². The molecule has 0 aliphatic heterocycles. The molecule has 0 aliphatic carbocycles. The van der Waals surface area contributed by atoms with Gasteiger partial charge in [0.05, 0.1) is 6.10 Å². The van der Waals surface area contributed by atoms with Crippen LogP contribution in [0.5, 0.6) is 11.5 Å². The monoisotopic (exact) mass is 250 g/mol. The summed E-state index contributed by atoms with van der Waals surface area (Å²) in [4.78, 5) is 11.4. The zero-order valence-corrected chi connectivity index (χ0v) is 10.6. The van der Waals surface area contributed by atoms with Crippen molar-refractivity contribution < 1.29 is 19.7 Å². The molecule has 98 valence electrons. The third-order valence-corrected chi connectivity index (χ3v) is 2.42. The van der Waals surface area contributed by atoms with Crippen molar-refractivity contribution in [3.8, 4) is 11.5 Å². The molecule has 0 fully saturated rings. The molecular formula is C14H18O4. The predicted octanol–water partition coefficient (Wildman–Crippen LogP) is 2.84. The van der Waals surface area contributed by atoms with Crippen molar-refractivity contribution in [2.24, 2.45) is 0 Å². The second-order valence-corrected chi connectivity index (χ2v) is 4.12. The Labute approximate surface area is 107 Å². The number of aromatic hydroxyl groups is 2. The summed E-state index contributed by atoms with van der Waals surface area (Å²) in [6.45, 7) is 3.88. The van der Waals surface area contributed by atoms with Crippen molar-refractivity contribution in [2.75, 3.05) is 0 Å². The molecule has 0 aromatic heterocycles. The third kappa shape index (κ3) is 4.49. The van der Waals surface area contributed by atoms with Crippen LogP contribution >= 0.6 is 0 Å². The van der Waals surface area contributed by atoms with E-state index in [1.54, 1.807) is 6.07 Å². The number of hydrogen-bond donors (Lipinski definition) is 2. The summed E-state index contributed by atoms with van der Waals surface area (Å²) in [6.07, 6.45) is 4.53. The molecule has 0 unspecified atom stereocenters. The van der Waals surface area contributed by atoms with E-state index in [0.717, 1.165) is 12.8 Å². The number of carbonyl (C=O) groups excluding carboxylic acids is 1. The molecule has 18 heavy (non-hydrogen) atoms. The van der Waals surface area contributed by atoms with Crippen molar-refractivity contribution >= 4 is 12.0 Å². The van der Waals surface area contributed by atoms with Gasteiger partial charge in [-0.1, -0.05) is 19.4 Å². The standard InChI is InChI=1S/C14H18O4/c1-3-4-10(2)18-14(17)8-6-11-5-7-12(15)13(16)9-11/h5-10,15-16H,3-4H2,1-2H3/t10-/m0/s1. The summed E-state index contributed by atoms with van der Waals surface area (Å²) in [7, 11) is 0. The van der Waals surface area contributed by atoms with Crippen molar-refractivity contribution in [1.29, 1.82) is 0 Å². The summed E-state index contributed by atoms with van der Waals surface area (Å²) in [5, 5.41) is 18.4. The van der Waals surface area contributed by atoms with Crippen molar-refractivity contribution in [1.82, 2.24) is 0 Å². The average molecular weight is 250 g/mol. The fraction of sp³-hybridized carbons (Fsp3) is 0.357.